The Labute approximate surface area is 48.9 Å². The molecule has 0 aliphatic rings. The van der Waals surface area contributed by atoms with E-state index >= 15 is 0 Å². The molecular weight excluding hydrogens is 108 g/mol. The highest BCUT2D eigenvalue weighted by Crippen LogP contribution is 1.80. The molecule has 0 aliphatic heterocycles. The third kappa shape index (κ3) is 5.88. The first-order valence-corrected chi connectivity index (χ1v) is 2.61. The minimum atomic E-state index is -0.457. The van der Waals surface area contributed by atoms with Crippen LogP contribution in [0, 0.1) is 0 Å². The van der Waals surface area contributed by atoms with E-state index in [2.05, 4.69) is 4.74 Å². The van der Waals surface area contributed by atoms with Crippen LogP contribution in [0.4, 0.5) is 0 Å². The summed E-state index contributed by atoms with van der Waals surface area (Å²) in [6.45, 7) is 1.85. The Morgan fingerprint density at radius 2 is 2.38 bits per heavy atom. The molecule has 0 heterocycles. The van der Waals surface area contributed by atoms with Gasteiger partial charge in [-0.15, -0.1) is 0 Å². The molecule has 3 heteroatoms. The van der Waals surface area contributed by atoms with E-state index in [1.54, 1.807) is 6.92 Å². The van der Waals surface area contributed by atoms with E-state index in [0.29, 0.717) is 0 Å². The molecule has 0 spiro atoms. The Morgan fingerprint density at radius 3 is 2.75 bits per heavy atom. The molecular formula is C5H11O3. The second-order valence-electron chi connectivity index (χ2n) is 1.63. The van der Waals surface area contributed by atoms with Crippen LogP contribution in [0.2, 0.25) is 0 Å². The van der Waals surface area contributed by atoms with Gasteiger partial charge in [-0.3, -0.25) is 0 Å². The van der Waals surface area contributed by atoms with E-state index in [1.807, 2.05) is 0 Å². The first-order chi connectivity index (χ1) is 3.77. The average Bonchev–Trinajstić information content (AvgIpc) is 1.66. The number of aliphatic hydroxyl groups excluding tert-OH is 1. The molecule has 8 heavy (non-hydrogen) atoms. The molecule has 49 valence electrons. The first-order valence-electron chi connectivity index (χ1n) is 2.61. The SMILES string of the molecule is CC(O)COCC[O]. The predicted molar refractivity (Wildman–Crippen MR) is 28.1 cm³/mol. The fraction of sp³-hybridized carbons (Fsp3) is 1.00. The largest absolute Gasteiger partial charge is 0.391 e. The molecule has 0 fully saturated rings. The van der Waals surface area contributed by atoms with Crippen molar-refractivity contribution >= 4 is 0 Å². The Balaban J connectivity index is 2.72. The zero-order valence-electron chi connectivity index (χ0n) is 4.96. The summed E-state index contributed by atoms with van der Waals surface area (Å²) in [7, 11) is 0. The topological polar surface area (TPSA) is 49.4 Å². The van der Waals surface area contributed by atoms with Crippen molar-refractivity contribution in [2.24, 2.45) is 0 Å². The second-order valence-corrected chi connectivity index (χ2v) is 1.63. The maximum atomic E-state index is 9.70. The maximum absolute atomic E-state index is 9.70. The highest BCUT2D eigenvalue weighted by atomic mass is 16.5. The highest BCUT2D eigenvalue weighted by molar-refractivity contribution is 4.39. The number of hydrogen-bond acceptors (Lipinski definition) is 2. The molecule has 3 nitrogen and oxygen atoms in total. The molecule has 0 aromatic heterocycles. The molecule has 0 rings (SSSR count). The molecule has 0 aromatic carbocycles. The molecule has 0 amide bonds. The molecule has 1 unspecified atom stereocenters. The van der Waals surface area contributed by atoms with E-state index in [4.69, 9.17) is 5.11 Å². The number of hydrogen-bond donors (Lipinski definition) is 1. The van der Waals surface area contributed by atoms with Crippen LogP contribution in [-0.2, 0) is 9.84 Å². The highest BCUT2D eigenvalue weighted by Gasteiger charge is 1.92. The van der Waals surface area contributed by atoms with Gasteiger partial charge in [0.15, 0.2) is 0 Å². The van der Waals surface area contributed by atoms with Crippen molar-refractivity contribution in [2.45, 2.75) is 13.0 Å². The average molecular weight is 119 g/mol. The summed E-state index contributed by atoms with van der Waals surface area (Å²) in [6, 6.07) is 0. The normalized spacial score (nSPS) is 13.9. The van der Waals surface area contributed by atoms with Crippen LogP contribution in [-0.4, -0.2) is 31.0 Å². The third-order valence-corrected chi connectivity index (χ3v) is 0.587. The van der Waals surface area contributed by atoms with Crippen LogP contribution in [0.3, 0.4) is 0 Å². The van der Waals surface area contributed by atoms with Crippen molar-refractivity contribution in [3.8, 4) is 0 Å². The van der Waals surface area contributed by atoms with Gasteiger partial charge in [-0.05, 0) is 6.92 Å². The zero-order chi connectivity index (χ0) is 6.41. The molecule has 1 radical (unpaired) electrons. The molecule has 0 saturated carbocycles. The predicted octanol–water partition coefficient (Wildman–Crippen LogP) is -0.186. The van der Waals surface area contributed by atoms with Crippen molar-refractivity contribution in [3.05, 3.63) is 0 Å². The van der Waals surface area contributed by atoms with E-state index in [9.17, 15) is 5.11 Å². The maximum Gasteiger partial charge on any atom is 0.106 e. The molecule has 0 saturated heterocycles. The smallest absolute Gasteiger partial charge is 0.106 e. The Morgan fingerprint density at radius 1 is 1.75 bits per heavy atom. The van der Waals surface area contributed by atoms with Crippen LogP contribution in [0.25, 0.3) is 0 Å². The van der Waals surface area contributed by atoms with Crippen LogP contribution in [0.1, 0.15) is 6.92 Å². The van der Waals surface area contributed by atoms with Crippen LogP contribution < -0.4 is 0 Å². The summed E-state index contributed by atoms with van der Waals surface area (Å²) in [4.78, 5) is 0. The molecule has 0 aliphatic carbocycles. The fourth-order valence-electron chi connectivity index (χ4n) is 0.313. The van der Waals surface area contributed by atoms with Crippen molar-refractivity contribution in [3.63, 3.8) is 0 Å². The molecule has 1 N–H and O–H groups in total. The Bertz CT molecular complexity index is 44.9. The monoisotopic (exact) mass is 119 g/mol. The summed E-state index contributed by atoms with van der Waals surface area (Å²) >= 11 is 0. The molecule has 0 aromatic rings. The Hall–Kier alpha value is -0.120. The standard InChI is InChI=1S/C5H11O3/c1-5(7)4-8-3-2-6/h5,7H,2-4H2,1H3. The van der Waals surface area contributed by atoms with Gasteiger partial charge >= 0.3 is 0 Å². The summed E-state index contributed by atoms with van der Waals surface area (Å²) in [5.41, 5.74) is 0. The molecule has 0 bridgehead atoms. The van der Waals surface area contributed by atoms with Gasteiger partial charge in [-0.2, -0.15) is 0 Å². The van der Waals surface area contributed by atoms with E-state index in [0.717, 1.165) is 0 Å². The van der Waals surface area contributed by atoms with Gasteiger partial charge < -0.3 is 9.84 Å². The number of rotatable bonds is 4. The second kappa shape index (κ2) is 5.03. The quantitative estimate of drug-likeness (QED) is 0.521. The van der Waals surface area contributed by atoms with Crippen LogP contribution >= 0.6 is 0 Å². The lowest BCUT2D eigenvalue weighted by Gasteiger charge is -2.01. The van der Waals surface area contributed by atoms with Gasteiger partial charge in [0.1, 0.15) is 6.61 Å². The lowest BCUT2D eigenvalue weighted by atomic mass is 10.4. The lowest BCUT2D eigenvalue weighted by molar-refractivity contribution is 0.0162. The van der Waals surface area contributed by atoms with E-state index in [-0.39, 0.29) is 19.8 Å². The minimum Gasteiger partial charge on any atom is -0.391 e. The molecule has 1 atom stereocenters. The van der Waals surface area contributed by atoms with E-state index < -0.39 is 6.10 Å². The number of aliphatic hydroxyl groups is 1. The Kier molecular flexibility index (Phi) is 4.95. The van der Waals surface area contributed by atoms with Gasteiger partial charge in [0.2, 0.25) is 0 Å². The van der Waals surface area contributed by atoms with Gasteiger partial charge in [0.25, 0.3) is 0 Å². The van der Waals surface area contributed by atoms with Gasteiger partial charge in [-0.25, -0.2) is 5.11 Å². The summed E-state index contributed by atoms with van der Waals surface area (Å²) in [5, 5.41) is 18.3. The van der Waals surface area contributed by atoms with Crippen molar-refractivity contribution in [2.75, 3.05) is 19.8 Å². The number of ether oxygens (including phenoxy) is 1. The van der Waals surface area contributed by atoms with Gasteiger partial charge in [0, 0.05) is 0 Å². The summed E-state index contributed by atoms with van der Waals surface area (Å²) in [5.74, 6) is 0. The van der Waals surface area contributed by atoms with Crippen LogP contribution in [0.5, 0.6) is 0 Å². The zero-order valence-corrected chi connectivity index (χ0v) is 4.96. The van der Waals surface area contributed by atoms with Crippen molar-refractivity contribution in [1.29, 1.82) is 0 Å². The van der Waals surface area contributed by atoms with Gasteiger partial charge in [0.05, 0.1) is 19.3 Å². The van der Waals surface area contributed by atoms with E-state index in [1.165, 1.54) is 0 Å². The third-order valence-electron chi connectivity index (χ3n) is 0.587. The lowest BCUT2D eigenvalue weighted by Crippen LogP contribution is -2.11. The summed E-state index contributed by atoms with van der Waals surface area (Å²) in [6.07, 6.45) is -0.457. The fourth-order valence-corrected chi connectivity index (χ4v) is 0.313. The van der Waals surface area contributed by atoms with Crippen LogP contribution in [0.15, 0.2) is 0 Å². The first kappa shape index (κ1) is 7.88. The summed E-state index contributed by atoms with van der Waals surface area (Å²) < 4.78 is 4.68. The minimum absolute atomic E-state index is 0.199. The van der Waals surface area contributed by atoms with Crippen molar-refractivity contribution < 1.29 is 14.9 Å². The van der Waals surface area contributed by atoms with Gasteiger partial charge in [-0.1, -0.05) is 0 Å². The van der Waals surface area contributed by atoms with Crippen molar-refractivity contribution in [1.82, 2.24) is 0 Å².